The SMILES string of the molecule is CC(C)(C)c1ccc2c(c1)B1c3cc(C(C)(C)C)ccc3Oc3cc(-n4c5c6ccccc6ccc5c5ccc6ccccc6c54)cc(c31)O2. The molecule has 2 aliphatic rings. The van der Waals surface area contributed by atoms with Gasteiger partial charge in [-0.15, -0.1) is 0 Å². The minimum atomic E-state index is -0.00837. The van der Waals surface area contributed by atoms with Gasteiger partial charge in [-0.1, -0.05) is 139 Å². The predicted octanol–water partition coefficient (Wildman–Crippen LogP) is 10.4. The Bertz CT molecular complexity index is 2560. The smallest absolute Gasteiger partial charge is 0.260 e. The van der Waals surface area contributed by atoms with Crippen molar-refractivity contribution in [1.29, 1.82) is 0 Å². The van der Waals surface area contributed by atoms with E-state index in [0.29, 0.717) is 0 Å². The fourth-order valence-electron chi connectivity index (χ4n) is 8.35. The van der Waals surface area contributed by atoms with Crippen LogP contribution in [0.3, 0.4) is 0 Å². The fourth-order valence-corrected chi connectivity index (χ4v) is 8.35. The number of fused-ring (bicyclic) bond motifs is 11. The lowest BCUT2D eigenvalue weighted by atomic mass is 9.34. The van der Waals surface area contributed by atoms with Crippen LogP contribution in [0.15, 0.2) is 121 Å². The van der Waals surface area contributed by atoms with Crippen LogP contribution in [0.5, 0.6) is 23.0 Å². The molecule has 50 heavy (non-hydrogen) atoms. The standard InChI is InChI=1S/C46H38BNO2/c1-45(2,3)29-17-21-38-36(23-29)47-37-24-30(46(4,5)6)18-22-39(37)50-41-26-31(25-40(49-38)42(41)47)48-43-32-13-9-7-11-27(32)15-19-34(43)35-20-16-28-12-8-10-14-33(28)44(35)48/h7-26H,1-6H3. The van der Waals surface area contributed by atoms with Crippen LogP contribution in [0, 0.1) is 0 Å². The number of rotatable bonds is 1. The van der Waals surface area contributed by atoms with Crippen molar-refractivity contribution in [2.24, 2.45) is 0 Å². The minimum absolute atomic E-state index is 0.00529. The van der Waals surface area contributed by atoms with Gasteiger partial charge < -0.3 is 14.0 Å². The molecule has 10 rings (SSSR count). The zero-order valence-corrected chi connectivity index (χ0v) is 29.4. The first kappa shape index (κ1) is 29.4. The van der Waals surface area contributed by atoms with Gasteiger partial charge in [0.05, 0.1) is 16.7 Å². The van der Waals surface area contributed by atoms with Crippen molar-refractivity contribution in [2.75, 3.05) is 0 Å². The van der Waals surface area contributed by atoms with Gasteiger partial charge >= 0.3 is 0 Å². The van der Waals surface area contributed by atoms with E-state index in [1.807, 2.05) is 0 Å². The number of nitrogens with zero attached hydrogens (tertiary/aromatic N) is 1. The summed E-state index contributed by atoms with van der Waals surface area (Å²) in [5.41, 5.74) is 9.50. The van der Waals surface area contributed by atoms with Gasteiger partial charge in [-0.2, -0.15) is 0 Å². The van der Waals surface area contributed by atoms with Crippen molar-refractivity contribution in [1.82, 2.24) is 4.57 Å². The van der Waals surface area contributed by atoms with Crippen LogP contribution in [0.25, 0.3) is 49.0 Å². The molecule has 0 unspecified atom stereocenters. The van der Waals surface area contributed by atoms with Crippen LogP contribution in [0.4, 0.5) is 0 Å². The maximum Gasteiger partial charge on any atom is 0.260 e. The zero-order chi connectivity index (χ0) is 34.1. The summed E-state index contributed by atoms with van der Waals surface area (Å²) in [5.74, 6) is 3.51. The molecule has 1 aromatic heterocycles. The third-order valence-electron chi connectivity index (χ3n) is 11.0. The molecule has 0 bridgehead atoms. The van der Waals surface area contributed by atoms with Crippen molar-refractivity contribution in [2.45, 2.75) is 52.4 Å². The largest absolute Gasteiger partial charge is 0.458 e. The molecule has 0 atom stereocenters. The van der Waals surface area contributed by atoms with Gasteiger partial charge in [0.15, 0.2) is 0 Å². The zero-order valence-electron chi connectivity index (χ0n) is 29.4. The summed E-state index contributed by atoms with van der Waals surface area (Å²) in [6.07, 6.45) is 0. The molecular weight excluding hydrogens is 609 g/mol. The molecule has 0 amide bonds. The van der Waals surface area contributed by atoms with Gasteiger partial charge in [-0.3, -0.25) is 0 Å². The molecule has 0 saturated carbocycles. The normalized spacial score (nSPS) is 13.7. The van der Waals surface area contributed by atoms with Crippen molar-refractivity contribution in [3.63, 3.8) is 0 Å². The Morgan fingerprint density at radius 2 is 0.920 bits per heavy atom. The molecule has 0 fully saturated rings. The maximum atomic E-state index is 6.95. The van der Waals surface area contributed by atoms with Gasteiger partial charge in [0.1, 0.15) is 23.0 Å². The third kappa shape index (κ3) is 4.18. The predicted molar refractivity (Wildman–Crippen MR) is 211 cm³/mol. The first-order chi connectivity index (χ1) is 24.0. The highest BCUT2D eigenvalue weighted by Gasteiger charge is 2.42. The number of hydrogen-bond acceptors (Lipinski definition) is 2. The van der Waals surface area contributed by atoms with E-state index in [2.05, 4.69) is 167 Å². The van der Waals surface area contributed by atoms with E-state index in [0.717, 1.165) is 34.1 Å². The second-order valence-corrected chi connectivity index (χ2v) is 16.2. The number of aromatic nitrogens is 1. The Labute approximate surface area is 293 Å². The summed E-state index contributed by atoms with van der Waals surface area (Å²) in [6, 6.07) is 44.5. The Balaban J connectivity index is 1.30. The van der Waals surface area contributed by atoms with Crippen LogP contribution in [-0.4, -0.2) is 11.3 Å². The van der Waals surface area contributed by atoms with E-state index >= 15 is 0 Å². The lowest BCUT2D eigenvalue weighted by Crippen LogP contribution is -2.57. The summed E-state index contributed by atoms with van der Waals surface area (Å²) in [5, 5.41) is 7.33. The summed E-state index contributed by atoms with van der Waals surface area (Å²) < 4.78 is 16.3. The summed E-state index contributed by atoms with van der Waals surface area (Å²) >= 11 is 0. The summed E-state index contributed by atoms with van der Waals surface area (Å²) in [4.78, 5) is 0. The molecule has 8 aromatic rings. The Morgan fingerprint density at radius 3 is 1.38 bits per heavy atom. The van der Waals surface area contributed by atoms with Gasteiger partial charge in [0.2, 0.25) is 0 Å². The highest BCUT2D eigenvalue weighted by Crippen LogP contribution is 2.43. The number of hydrogen-bond donors (Lipinski definition) is 0. The highest BCUT2D eigenvalue weighted by molar-refractivity contribution is 6.98. The number of ether oxygens (including phenoxy) is 2. The average molecular weight is 648 g/mol. The van der Waals surface area contributed by atoms with Crippen molar-refractivity contribution >= 4 is 66.5 Å². The molecule has 0 saturated heterocycles. The molecule has 242 valence electrons. The van der Waals surface area contributed by atoms with Crippen molar-refractivity contribution < 1.29 is 9.47 Å². The molecule has 3 nitrogen and oxygen atoms in total. The molecule has 0 spiro atoms. The lowest BCUT2D eigenvalue weighted by Gasteiger charge is -2.35. The molecule has 4 heteroatoms. The topological polar surface area (TPSA) is 23.4 Å². The van der Waals surface area contributed by atoms with Gasteiger partial charge in [0.25, 0.3) is 6.71 Å². The fraction of sp³-hybridized carbons (Fsp3) is 0.174. The van der Waals surface area contributed by atoms with E-state index < -0.39 is 0 Å². The Kier molecular flexibility index (Phi) is 5.91. The summed E-state index contributed by atoms with van der Waals surface area (Å²) in [7, 11) is 0. The minimum Gasteiger partial charge on any atom is -0.458 e. The van der Waals surface area contributed by atoms with Gasteiger partial charge in [-0.05, 0) is 55.8 Å². The van der Waals surface area contributed by atoms with E-state index in [4.69, 9.17) is 9.47 Å². The second-order valence-electron chi connectivity index (χ2n) is 16.2. The van der Waals surface area contributed by atoms with E-state index in [1.165, 1.54) is 65.4 Å². The Hall–Kier alpha value is -5.48. The molecule has 0 aliphatic carbocycles. The monoisotopic (exact) mass is 647 g/mol. The highest BCUT2D eigenvalue weighted by atomic mass is 16.5. The van der Waals surface area contributed by atoms with Gasteiger partial charge in [0, 0.05) is 39.1 Å². The Morgan fingerprint density at radius 1 is 0.460 bits per heavy atom. The van der Waals surface area contributed by atoms with Crippen LogP contribution in [-0.2, 0) is 10.8 Å². The average Bonchev–Trinajstić information content (AvgIpc) is 3.45. The van der Waals surface area contributed by atoms with E-state index in [-0.39, 0.29) is 17.5 Å². The summed E-state index contributed by atoms with van der Waals surface area (Å²) in [6.45, 7) is 13.7. The van der Waals surface area contributed by atoms with Gasteiger partial charge in [-0.25, -0.2) is 0 Å². The molecule has 0 N–H and O–H groups in total. The van der Waals surface area contributed by atoms with Crippen LogP contribution >= 0.6 is 0 Å². The lowest BCUT2D eigenvalue weighted by molar-refractivity contribution is 0.463. The second kappa shape index (κ2) is 10.0. The quantitative estimate of drug-likeness (QED) is 0.166. The van der Waals surface area contributed by atoms with Crippen LogP contribution in [0.1, 0.15) is 52.7 Å². The van der Waals surface area contributed by atoms with Crippen molar-refractivity contribution in [3.05, 3.63) is 132 Å². The first-order valence-electron chi connectivity index (χ1n) is 17.7. The first-order valence-corrected chi connectivity index (χ1v) is 17.7. The molecule has 2 aliphatic heterocycles. The van der Waals surface area contributed by atoms with Crippen molar-refractivity contribution in [3.8, 4) is 28.7 Å². The van der Waals surface area contributed by atoms with Crippen LogP contribution < -0.4 is 25.9 Å². The maximum absolute atomic E-state index is 6.95. The third-order valence-corrected chi connectivity index (χ3v) is 11.0. The number of benzene rings is 7. The molecule has 0 radical (unpaired) electrons. The van der Waals surface area contributed by atoms with Crippen LogP contribution in [0.2, 0.25) is 0 Å². The molecular formula is C46H38BNO2. The molecule has 3 heterocycles. The van der Waals surface area contributed by atoms with E-state index in [9.17, 15) is 0 Å². The van der Waals surface area contributed by atoms with E-state index in [1.54, 1.807) is 0 Å². The molecule has 7 aromatic carbocycles.